The van der Waals surface area contributed by atoms with Crippen LogP contribution in [0.3, 0.4) is 0 Å². The smallest absolute Gasteiger partial charge is 0.242 e. The Balaban J connectivity index is 1.82. The van der Waals surface area contributed by atoms with Gasteiger partial charge in [0.1, 0.15) is 6.04 Å². The van der Waals surface area contributed by atoms with E-state index in [0.717, 1.165) is 22.3 Å². The molecule has 0 fully saturated rings. The third-order valence-electron chi connectivity index (χ3n) is 5.50. The lowest BCUT2D eigenvalue weighted by Gasteiger charge is -2.31. The largest absolute Gasteiger partial charge is 0.357 e. The van der Waals surface area contributed by atoms with Gasteiger partial charge < -0.3 is 10.2 Å². The lowest BCUT2D eigenvalue weighted by molar-refractivity contribution is -0.139. The van der Waals surface area contributed by atoms with Gasteiger partial charge in [0.25, 0.3) is 0 Å². The van der Waals surface area contributed by atoms with Crippen LogP contribution in [-0.2, 0) is 28.3 Å². The van der Waals surface area contributed by atoms with Crippen LogP contribution in [-0.4, -0.2) is 35.6 Å². The summed E-state index contributed by atoms with van der Waals surface area (Å²) in [4.78, 5) is 28.1. The summed E-state index contributed by atoms with van der Waals surface area (Å²) >= 11 is 7.61. The molecule has 0 saturated carbocycles. The average Bonchev–Trinajstić information content (AvgIpc) is 2.82. The number of rotatable bonds is 10. The van der Waals surface area contributed by atoms with E-state index in [2.05, 4.69) is 5.32 Å². The molecule has 0 saturated heterocycles. The summed E-state index contributed by atoms with van der Waals surface area (Å²) in [6.07, 6.45) is 0.455. The highest BCUT2D eigenvalue weighted by atomic mass is 35.5. The van der Waals surface area contributed by atoms with E-state index < -0.39 is 6.04 Å². The molecule has 172 valence electrons. The molecule has 1 atom stereocenters. The zero-order valence-corrected chi connectivity index (χ0v) is 20.5. The quantitative estimate of drug-likeness (QED) is 0.430. The van der Waals surface area contributed by atoms with E-state index in [1.165, 1.54) is 11.8 Å². The van der Waals surface area contributed by atoms with E-state index in [4.69, 9.17) is 11.6 Å². The van der Waals surface area contributed by atoms with Gasteiger partial charge in [-0.15, -0.1) is 11.8 Å². The van der Waals surface area contributed by atoms with Crippen LogP contribution in [0.25, 0.3) is 0 Å². The van der Waals surface area contributed by atoms with Crippen LogP contribution in [0.15, 0.2) is 78.9 Å². The number of likely N-dealkylation sites (N-methyl/N-ethyl adjacent to an activating group) is 1. The highest BCUT2D eigenvalue weighted by molar-refractivity contribution is 7.99. The van der Waals surface area contributed by atoms with Crippen molar-refractivity contribution < 1.29 is 9.59 Å². The Morgan fingerprint density at radius 2 is 1.67 bits per heavy atom. The van der Waals surface area contributed by atoms with Gasteiger partial charge in [0.2, 0.25) is 11.8 Å². The molecule has 0 heterocycles. The third kappa shape index (κ3) is 7.37. The minimum Gasteiger partial charge on any atom is -0.357 e. The number of nitrogens with zero attached hydrogens (tertiary/aromatic N) is 1. The van der Waals surface area contributed by atoms with Crippen LogP contribution in [0, 0.1) is 6.92 Å². The molecule has 33 heavy (non-hydrogen) atoms. The van der Waals surface area contributed by atoms with E-state index in [1.54, 1.807) is 11.9 Å². The van der Waals surface area contributed by atoms with Crippen molar-refractivity contribution in [2.24, 2.45) is 0 Å². The molecule has 0 aliphatic rings. The summed E-state index contributed by atoms with van der Waals surface area (Å²) in [6, 6.07) is 24.8. The highest BCUT2D eigenvalue weighted by Crippen LogP contribution is 2.21. The standard InChI is InChI=1S/C27H29ClN2O2S/c1-20-9-6-7-13-23(20)17-30(25(27(32)29-2)16-21-10-4-3-5-11-21)26(31)19-33-18-22-12-8-14-24(28)15-22/h3-15,25H,16-19H2,1-2H3,(H,29,32). The Bertz CT molecular complexity index is 1070. The second kappa shape index (κ2) is 12.5. The fourth-order valence-electron chi connectivity index (χ4n) is 3.66. The first-order chi connectivity index (χ1) is 16.0. The van der Waals surface area contributed by atoms with Crippen LogP contribution < -0.4 is 5.32 Å². The second-order valence-electron chi connectivity index (χ2n) is 7.89. The van der Waals surface area contributed by atoms with Gasteiger partial charge in [-0.05, 0) is 41.3 Å². The van der Waals surface area contributed by atoms with Gasteiger partial charge in [-0.3, -0.25) is 9.59 Å². The lowest BCUT2D eigenvalue weighted by Crippen LogP contribution is -2.50. The van der Waals surface area contributed by atoms with Crippen LogP contribution >= 0.6 is 23.4 Å². The first-order valence-corrected chi connectivity index (χ1v) is 12.4. The lowest BCUT2D eigenvalue weighted by atomic mass is 10.0. The predicted molar refractivity (Wildman–Crippen MR) is 137 cm³/mol. The second-order valence-corrected chi connectivity index (χ2v) is 9.31. The molecule has 0 aliphatic heterocycles. The Labute approximate surface area is 205 Å². The molecule has 0 aromatic heterocycles. The molecule has 0 radical (unpaired) electrons. The van der Waals surface area contributed by atoms with Crippen molar-refractivity contribution in [2.45, 2.75) is 31.7 Å². The van der Waals surface area contributed by atoms with Crippen molar-refractivity contribution in [1.82, 2.24) is 10.2 Å². The number of hydrogen-bond acceptors (Lipinski definition) is 3. The summed E-state index contributed by atoms with van der Waals surface area (Å²) in [5.41, 5.74) is 4.21. The van der Waals surface area contributed by atoms with E-state index in [-0.39, 0.29) is 17.6 Å². The third-order valence-corrected chi connectivity index (χ3v) is 6.73. The van der Waals surface area contributed by atoms with Gasteiger partial charge >= 0.3 is 0 Å². The van der Waals surface area contributed by atoms with Crippen LogP contribution in [0.1, 0.15) is 22.3 Å². The van der Waals surface area contributed by atoms with Crippen molar-refractivity contribution in [3.8, 4) is 0 Å². The number of aryl methyl sites for hydroxylation is 1. The highest BCUT2D eigenvalue weighted by Gasteiger charge is 2.29. The van der Waals surface area contributed by atoms with Crippen molar-refractivity contribution >= 4 is 35.2 Å². The number of carbonyl (C=O) groups is 2. The molecule has 3 aromatic carbocycles. The molecule has 0 spiro atoms. The minimum atomic E-state index is -0.601. The van der Waals surface area contributed by atoms with Crippen LogP contribution in [0.2, 0.25) is 5.02 Å². The van der Waals surface area contributed by atoms with Gasteiger partial charge in [0.05, 0.1) is 5.75 Å². The summed E-state index contributed by atoms with van der Waals surface area (Å²) in [7, 11) is 1.62. The Morgan fingerprint density at radius 3 is 2.36 bits per heavy atom. The fraction of sp³-hybridized carbons (Fsp3) is 0.259. The number of nitrogens with one attached hydrogen (secondary N) is 1. The minimum absolute atomic E-state index is 0.0604. The molecule has 1 N–H and O–H groups in total. The zero-order valence-electron chi connectivity index (χ0n) is 19.0. The molecule has 0 bridgehead atoms. The first kappa shape index (κ1) is 24.9. The van der Waals surface area contributed by atoms with Crippen molar-refractivity contribution in [1.29, 1.82) is 0 Å². The maximum atomic E-state index is 13.5. The summed E-state index contributed by atoms with van der Waals surface area (Å²) < 4.78 is 0. The number of carbonyl (C=O) groups excluding carboxylic acids is 2. The first-order valence-electron chi connectivity index (χ1n) is 10.9. The fourth-order valence-corrected chi connectivity index (χ4v) is 4.73. The van der Waals surface area contributed by atoms with Crippen LogP contribution in [0.4, 0.5) is 0 Å². The normalized spacial score (nSPS) is 11.6. The van der Waals surface area contributed by atoms with E-state index >= 15 is 0 Å². The molecular weight excluding hydrogens is 452 g/mol. The number of hydrogen-bond donors (Lipinski definition) is 1. The van der Waals surface area contributed by atoms with Gasteiger partial charge in [-0.25, -0.2) is 0 Å². The predicted octanol–water partition coefficient (Wildman–Crippen LogP) is 5.27. The van der Waals surface area contributed by atoms with Crippen LogP contribution in [0.5, 0.6) is 0 Å². The van der Waals surface area contributed by atoms with Gasteiger partial charge in [-0.1, -0.05) is 78.3 Å². The summed E-state index contributed by atoms with van der Waals surface area (Å²) in [5, 5.41) is 3.44. The Morgan fingerprint density at radius 1 is 0.970 bits per heavy atom. The summed E-state index contributed by atoms with van der Waals surface area (Å²) in [5.74, 6) is 0.726. The number of halogens is 1. The molecule has 3 rings (SSSR count). The summed E-state index contributed by atoms with van der Waals surface area (Å²) in [6.45, 7) is 2.41. The number of thioether (sulfide) groups is 1. The number of benzene rings is 3. The van der Waals surface area contributed by atoms with Gasteiger partial charge in [0, 0.05) is 30.8 Å². The molecule has 2 amide bonds. The zero-order chi connectivity index (χ0) is 23.6. The maximum absolute atomic E-state index is 13.5. The van der Waals surface area contributed by atoms with E-state index in [0.29, 0.717) is 23.7 Å². The molecule has 0 aliphatic carbocycles. The monoisotopic (exact) mass is 480 g/mol. The van der Waals surface area contributed by atoms with Gasteiger partial charge in [0.15, 0.2) is 0 Å². The van der Waals surface area contributed by atoms with E-state index in [9.17, 15) is 9.59 Å². The molecular formula is C27H29ClN2O2S. The molecule has 1 unspecified atom stereocenters. The van der Waals surface area contributed by atoms with Crippen molar-refractivity contribution in [2.75, 3.05) is 12.8 Å². The molecule has 6 heteroatoms. The van der Waals surface area contributed by atoms with Crippen molar-refractivity contribution in [3.05, 3.63) is 106 Å². The Hall–Kier alpha value is -2.76. The molecule has 4 nitrogen and oxygen atoms in total. The maximum Gasteiger partial charge on any atom is 0.242 e. The SMILES string of the molecule is CNC(=O)C(Cc1ccccc1)N(Cc1ccccc1C)C(=O)CSCc1cccc(Cl)c1. The van der Waals surface area contributed by atoms with E-state index in [1.807, 2.05) is 85.8 Å². The number of amides is 2. The topological polar surface area (TPSA) is 49.4 Å². The Kier molecular flexibility index (Phi) is 9.40. The average molecular weight is 481 g/mol. The molecule has 3 aromatic rings. The van der Waals surface area contributed by atoms with Gasteiger partial charge in [-0.2, -0.15) is 0 Å². The van der Waals surface area contributed by atoms with Crippen molar-refractivity contribution in [3.63, 3.8) is 0 Å².